The molecule has 3 aromatic rings. The molecule has 0 aromatic heterocycles. The number of aryl methyl sites for hydroxylation is 2. The van der Waals surface area contributed by atoms with Crippen LogP contribution in [0.5, 0.6) is 0 Å². The summed E-state index contributed by atoms with van der Waals surface area (Å²) < 4.78 is 0. The van der Waals surface area contributed by atoms with Gasteiger partial charge in [-0.25, -0.2) is 0 Å². The number of anilines is 2. The Morgan fingerprint density at radius 1 is 1.07 bits per heavy atom. The second-order valence-electron chi connectivity index (χ2n) is 7.50. The molecule has 5 nitrogen and oxygen atoms in total. The highest BCUT2D eigenvalue weighted by molar-refractivity contribution is 6.31. The largest absolute Gasteiger partial charge is 0.372 e. The molecule has 6 heteroatoms. The van der Waals surface area contributed by atoms with E-state index in [1.807, 2.05) is 26.0 Å². The Bertz CT molecular complexity index is 1160. The maximum Gasteiger partial charge on any atom is 0.268 e. The zero-order chi connectivity index (χ0) is 21.5. The van der Waals surface area contributed by atoms with Gasteiger partial charge < -0.3 is 10.4 Å². The van der Waals surface area contributed by atoms with E-state index in [9.17, 15) is 14.7 Å². The third kappa shape index (κ3) is 3.36. The lowest BCUT2D eigenvalue weighted by atomic mass is 9.87. The van der Waals surface area contributed by atoms with E-state index < -0.39 is 11.5 Å². The van der Waals surface area contributed by atoms with Gasteiger partial charge in [-0.1, -0.05) is 65.7 Å². The van der Waals surface area contributed by atoms with Crippen LogP contribution in [0.3, 0.4) is 0 Å². The number of fused-ring (bicyclic) bond motifs is 1. The molecule has 0 saturated carbocycles. The Morgan fingerprint density at radius 3 is 2.60 bits per heavy atom. The molecule has 0 saturated heterocycles. The summed E-state index contributed by atoms with van der Waals surface area (Å²) in [6.07, 6.45) is 0. The molecule has 2 N–H and O–H groups in total. The molecule has 0 fully saturated rings. The van der Waals surface area contributed by atoms with Crippen LogP contribution in [-0.2, 0) is 15.2 Å². The van der Waals surface area contributed by atoms with Gasteiger partial charge in [0.1, 0.15) is 6.54 Å². The third-order valence-electron chi connectivity index (χ3n) is 5.35. The smallest absolute Gasteiger partial charge is 0.268 e. The molecule has 2 amide bonds. The van der Waals surface area contributed by atoms with Crippen molar-refractivity contribution in [1.82, 2.24) is 0 Å². The number of aliphatic hydroxyl groups is 1. The highest BCUT2D eigenvalue weighted by atomic mass is 35.5. The summed E-state index contributed by atoms with van der Waals surface area (Å²) in [7, 11) is 0. The van der Waals surface area contributed by atoms with E-state index in [1.54, 1.807) is 54.6 Å². The zero-order valence-corrected chi connectivity index (χ0v) is 17.4. The summed E-state index contributed by atoms with van der Waals surface area (Å²) >= 11 is 6.03. The van der Waals surface area contributed by atoms with E-state index >= 15 is 0 Å². The number of carbonyl (C=O) groups is 2. The average molecular weight is 421 g/mol. The van der Waals surface area contributed by atoms with Crippen LogP contribution in [0, 0.1) is 13.8 Å². The van der Waals surface area contributed by atoms with Crippen LogP contribution in [0.4, 0.5) is 11.4 Å². The monoisotopic (exact) mass is 420 g/mol. The van der Waals surface area contributed by atoms with Crippen molar-refractivity contribution in [1.29, 1.82) is 0 Å². The molecule has 4 rings (SSSR count). The minimum absolute atomic E-state index is 0.226. The molecular formula is C24H21ClN2O3. The molecular weight excluding hydrogens is 400 g/mol. The number of carbonyl (C=O) groups excluding carboxylic acids is 2. The van der Waals surface area contributed by atoms with Crippen LogP contribution < -0.4 is 10.2 Å². The fourth-order valence-electron chi connectivity index (χ4n) is 3.80. The molecule has 1 aliphatic rings. The van der Waals surface area contributed by atoms with E-state index in [2.05, 4.69) is 5.32 Å². The van der Waals surface area contributed by atoms with Gasteiger partial charge in [-0.3, -0.25) is 14.5 Å². The number of hydrogen-bond acceptors (Lipinski definition) is 3. The summed E-state index contributed by atoms with van der Waals surface area (Å²) in [5.74, 6) is -0.927. The number of rotatable bonds is 4. The highest BCUT2D eigenvalue weighted by Crippen LogP contribution is 2.44. The van der Waals surface area contributed by atoms with Gasteiger partial charge in [0, 0.05) is 16.3 Å². The van der Waals surface area contributed by atoms with E-state index in [0.29, 0.717) is 27.5 Å². The Hall–Kier alpha value is -3.15. The normalized spacial score (nSPS) is 17.7. The second kappa shape index (κ2) is 7.59. The van der Waals surface area contributed by atoms with E-state index in [4.69, 9.17) is 11.6 Å². The van der Waals surface area contributed by atoms with Crippen molar-refractivity contribution >= 4 is 34.8 Å². The summed E-state index contributed by atoms with van der Waals surface area (Å²) in [4.78, 5) is 27.5. The Balaban J connectivity index is 1.67. The standard InChI is InChI=1S/C24H21ClN2O3/c1-15-6-5-7-17(12-15)24(30)19-8-3-4-9-21(19)27(23(24)29)14-22(28)26-20-13-18(25)11-10-16(20)2/h3-13,30H,14H2,1-2H3,(H,26,28)/t24-/m0/s1. The van der Waals surface area contributed by atoms with Gasteiger partial charge in [-0.05, 0) is 43.2 Å². The fraction of sp³-hybridized carbons (Fsp3) is 0.167. The van der Waals surface area contributed by atoms with E-state index in [-0.39, 0.29) is 12.5 Å². The number of halogens is 1. The molecule has 0 radical (unpaired) electrons. The second-order valence-corrected chi connectivity index (χ2v) is 7.93. The van der Waals surface area contributed by atoms with Gasteiger partial charge in [-0.2, -0.15) is 0 Å². The SMILES string of the molecule is Cc1cccc([C@@]2(O)C(=O)N(CC(=O)Nc3cc(Cl)ccc3C)c3ccccc32)c1. The third-order valence-corrected chi connectivity index (χ3v) is 5.59. The Morgan fingerprint density at radius 2 is 1.83 bits per heavy atom. The lowest BCUT2D eigenvalue weighted by molar-refractivity contribution is -0.133. The van der Waals surface area contributed by atoms with Gasteiger partial charge in [0.25, 0.3) is 5.91 Å². The van der Waals surface area contributed by atoms with Crippen LogP contribution in [0.15, 0.2) is 66.7 Å². The van der Waals surface area contributed by atoms with Crippen LogP contribution in [-0.4, -0.2) is 23.5 Å². The molecule has 0 bridgehead atoms. The first-order chi connectivity index (χ1) is 14.3. The molecule has 0 unspecified atom stereocenters. The van der Waals surface area contributed by atoms with E-state index in [0.717, 1.165) is 11.1 Å². The van der Waals surface area contributed by atoms with E-state index in [1.165, 1.54) is 4.90 Å². The Labute approximate surface area is 179 Å². The predicted molar refractivity (Wildman–Crippen MR) is 118 cm³/mol. The molecule has 1 aliphatic heterocycles. The van der Waals surface area contributed by atoms with Crippen molar-refractivity contribution in [2.75, 3.05) is 16.8 Å². The summed E-state index contributed by atoms with van der Waals surface area (Å²) in [5.41, 5.74) is 2.00. The molecule has 0 aliphatic carbocycles. The molecule has 152 valence electrons. The fourth-order valence-corrected chi connectivity index (χ4v) is 3.98. The van der Waals surface area contributed by atoms with Crippen LogP contribution in [0.1, 0.15) is 22.3 Å². The quantitative estimate of drug-likeness (QED) is 0.665. The lowest BCUT2D eigenvalue weighted by Gasteiger charge is -2.24. The van der Waals surface area contributed by atoms with Gasteiger partial charge in [0.2, 0.25) is 5.91 Å². The molecule has 3 aromatic carbocycles. The van der Waals surface area contributed by atoms with Crippen molar-refractivity contribution in [3.63, 3.8) is 0 Å². The average Bonchev–Trinajstić information content (AvgIpc) is 2.94. The van der Waals surface area contributed by atoms with Gasteiger partial charge in [0.05, 0.1) is 5.69 Å². The first-order valence-electron chi connectivity index (χ1n) is 9.57. The minimum atomic E-state index is -1.84. The lowest BCUT2D eigenvalue weighted by Crippen LogP contribution is -2.44. The summed E-state index contributed by atoms with van der Waals surface area (Å²) in [6.45, 7) is 3.53. The molecule has 1 heterocycles. The number of para-hydroxylation sites is 1. The highest BCUT2D eigenvalue weighted by Gasteiger charge is 2.51. The van der Waals surface area contributed by atoms with Gasteiger partial charge in [0.15, 0.2) is 5.60 Å². The predicted octanol–water partition coefficient (Wildman–Crippen LogP) is 4.18. The molecule has 1 atom stereocenters. The summed E-state index contributed by atoms with van der Waals surface area (Å²) in [5, 5.41) is 14.8. The van der Waals surface area contributed by atoms with Crippen LogP contribution >= 0.6 is 11.6 Å². The summed E-state index contributed by atoms with van der Waals surface area (Å²) in [6, 6.07) is 19.4. The zero-order valence-electron chi connectivity index (χ0n) is 16.6. The molecule has 0 spiro atoms. The van der Waals surface area contributed by atoms with Crippen LogP contribution in [0.25, 0.3) is 0 Å². The van der Waals surface area contributed by atoms with Crippen molar-refractivity contribution in [2.45, 2.75) is 19.4 Å². The Kier molecular flexibility index (Phi) is 5.10. The minimum Gasteiger partial charge on any atom is -0.372 e. The number of nitrogens with zero attached hydrogens (tertiary/aromatic N) is 1. The number of hydrogen-bond donors (Lipinski definition) is 2. The first kappa shape index (κ1) is 20.1. The van der Waals surface area contributed by atoms with Crippen molar-refractivity contribution in [3.8, 4) is 0 Å². The maximum atomic E-state index is 13.4. The maximum absolute atomic E-state index is 13.4. The topological polar surface area (TPSA) is 69.6 Å². The van der Waals surface area contributed by atoms with Gasteiger partial charge >= 0.3 is 0 Å². The van der Waals surface area contributed by atoms with Gasteiger partial charge in [-0.15, -0.1) is 0 Å². The van der Waals surface area contributed by atoms with Crippen molar-refractivity contribution in [3.05, 3.63) is 94.0 Å². The van der Waals surface area contributed by atoms with Crippen LogP contribution in [0.2, 0.25) is 5.02 Å². The van der Waals surface area contributed by atoms with Crippen molar-refractivity contribution in [2.24, 2.45) is 0 Å². The number of nitrogens with one attached hydrogen (secondary N) is 1. The molecule has 30 heavy (non-hydrogen) atoms. The van der Waals surface area contributed by atoms with Crippen molar-refractivity contribution < 1.29 is 14.7 Å². The first-order valence-corrected chi connectivity index (χ1v) is 9.95. The number of amides is 2. The number of benzene rings is 3.